The summed E-state index contributed by atoms with van der Waals surface area (Å²) in [7, 11) is 3.15. The molecule has 0 bridgehead atoms. The molecule has 0 radical (unpaired) electrons. The van der Waals surface area contributed by atoms with Gasteiger partial charge in [0.1, 0.15) is 12.9 Å². The van der Waals surface area contributed by atoms with Crippen molar-refractivity contribution in [1.29, 1.82) is 0 Å². The third-order valence-corrected chi connectivity index (χ3v) is 4.29. The number of methoxy groups -OCH3 is 2. The molecule has 1 aromatic carbocycles. The number of carbonyl (C=O) groups excluding carboxylic acids is 1. The van der Waals surface area contributed by atoms with E-state index in [9.17, 15) is 9.59 Å². The van der Waals surface area contributed by atoms with Crippen molar-refractivity contribution in [3.8, 4) is 11.5 Å². The molecule has 3 rings (SSSR count). The van der Waals surface area contributed by atoms with Gasteiger partial charge in [-0.05, 0) is 31.0 Å². The SMILES string of the molecule is CCn1nnc2c(=O)n(CC(=O)NCCc3ccc(OC)c(OC)c3)cnc21. The number of nitrogens with zero attached hydrogens (tertiary/aromatic N) is 5. The third kappa shape index (κ3) is 3.95. The second kappa shape index (κ2) is 8.51. The molecule has 0 saturated carbocycles. The Morgan fingerprint density at radius 1 is 1.21 bits per heavy atom. The number of ether oxygens (including phenoxy) is 2. The van der Waals surface area contributed by atoms with Gasteiger partial charge in [-0.15, -0.1) is 5.10 Å². The molecule has 0 spiro atoms. The van der Waals surface area contributed by atoms with Gasteiger partial charge in [0.25, 0.3) is 5.56 Å². The standard InChI is InChI=1S/C18H22N6O4/c1-4-24-17-16(21-22-24)18(26)23(11-20-17)10-15(25)19-8-7-12-5-6-13(27-2)14(9-12)28-3/h5-6,9,11H,4,7-8,10H2,1-3H3,(H,19,25). The number of carbonyl (C=O) groups is 1. The number of amides is 1. The van der Waals surface area contributed by atoms with Crippen LogP contribution in [-0.2, 0) is 24.3 Å². The monoisotopic (exact) mass is 386 g/mol. The van der Waals surface area contributed by atoms with Gasteiger partial charge in [-0.3, -0.25) is 14.2 Å². The van der Waals surface area contributed by atoms with E-state index in [-0.39, 0.29) is 23.5 Å². The van der Waals surface area contributed by atoms with Gasteiger partial charge in [-0.1, -0.05) is 11.3 Å². The first kappa shape index (κ1) is 19.3. The minimum Gasteiger partial charge on any atom is -0.493 e. The maximum absolute atomic E-state index is 12.4. The molecule has 2 aromatic heterocycles. The summed E-state index contributed by atoms with van der Waals surface area (Å²) in [5.41, 5.74) is 1.18. The van der Waals surface area contributed by atoms with Crippen LogP contribution < -0.4 is 20.3 Å². The van der Waals surface area contributed by atoms with Crippen molar-refractivity contribution in [2.24, 2.45) is 0 Å². The summed E-state index contributed by atoms with van der Waals surface area (Å²) in [6.45, 7) is 2.73. The van der Waals surface area contributed by atoms with Crippen LogP contribution in [-0.4, -0.2) is 51.2 Å². The fourth-order valence-electron chi connectivity index (χ4n) is 2.81. The molecule has 0 saturated heterocycles. The lowest BCUT2D eigenvalue weighted by molar-refractivity contribution is -0.121. The molecule has 0 aliphatic heterocycles. The van der Waals surface area contributed by atoms with Crippen molar-refractivity contribution < 1.29 is 14.3 Å². The van der Waals surface area contributed by atoms with E-state index in [1.54, 1.807) is 14.2 Å². The first-order valence-corrected chi connectivity index (χ1v) is 8.83. The van der Waals surface area contributed by atoms with Crippen LogP contribution in [0.25, 0.3) is 11.2 Å². The average Bonchev–Trinajstić information content (AvgIpc) is 3.14. The van der Waals surface area contributed by atoms with Gasteiger partial charge >= 0.3 is 0 Å². The summed E-state index contributed by atoms with van der Waals surface area (Å²) in [6.07, 6.45) is 1.96. The quantitative estimate of drug-likeness (QED) is 0.595. The van der Waals surface area contributed by atoms with Gasteiger partial charge < -0.3 is 14.8 Å². The molecule has 10 nitrogen and oxygen atoms in total. The highest BCUT2D eigenvalue weighted by atomic mass is 16.5. The highest BCUT2D eigenvalue weighted by Gasteiger charge is 2.13. The van der Waals surface area contributed by atoms with Crippen molar-refractivity contribution in [1.82, 2.24) is 29.9 Å². The first-order valence-electron chi connectivity index (χ1n) is 8.83. The maximum Gasteiger partial charge on any atom is 0.283 e. The Kier molecular flexibility index (Phi) is 5.87. The second-order valence-corrected chi connectivity index (χ2v) is 6.04. The number of nitrogens with one attached hydrogen (secondary N) is 1. The Morgan fingerprint density at radius 3 is 2.71 bits per heavy atom. The van der Waals surface area contributed by atoms with E-state index in [1.807, 2.05) is 25.1 Å². The van der Waals surface area contributed by atoms with Crippen LogP contribution >= 0.6 is 0 Å². The number of aromatic nitrogens is 5. The maximum atomic E-state index is 12.4. The lowest BCUT2D eigenvalue weighted by Gasteiger charge is -2.10. The molecule has 1 N–H and O–H groups in total. The van der Waals surface area contributed by atoms with E-state index in [2.05, 4.69) is 20.6 Å². The van der Waals surface area contributed by atoms with Crippen molar-refractivity contribution in [2.45, 2.75) is 26.4 Å². The van der Waals surface area contributed by atoms with E-state index < -0.39 is 0 Å². The number of rotatable bonds is 8. The van der Waals surface area contributed by atoms with Crippen molar-refractivity contribution >= 4 is 17.1 Å². The summed E-state index contributed by atoms with van der Waals surface area (Å²) in [6, 6.07) is 5.59. The molecule has 2 heterocycles. The number of hydrogen-bond acceptors (Lipinski definition) is 7. The summed E-state index contributed by atoms with van der Waals surface area (Å²) in [4.78, 5) is 28.8. The summed E-state index contributed by atoms with van der Waals surface area (Å²) < 4.78 is 13.2. The summed E-state index contributed by atoms with van der Waals surface area (Å²) in [5.74, 6) is 1.00. The minimum absolute atomic E-state index is 0.132. The fraction of sp³-hybridized carbons (Fsp3) is 0.389. The normalized spacial score (nSPS) is 10.8. The smallest absolute Gasteiger partial charge is 0.283 e. The molecule has 0 unspecified atom stereocenters. The summed E-state index contributed by atoms with van der Waals surface area (Å²) >= 11 is 0. The molecule has 0 fully saturated rings. The molecule has 3 aromatic rings. The van der Waals surface area contributed by atoms with Crippen LogP contribution in [0.4, 0.5) is 0 Å². The third-order valence-electron chi connectivity index (χ3n) is 4.29. The Hall–Kier alpha value is -3.43. The van der Waals surface area contributed by atoms with E-state index in [1.165, 1.54) is 15.6 Å². The molecule has 0 atom stereocenters. The zero-order chi connectivity index (χ0) is 20.1. The van der Waals surface area contributed by atoms with Gasteiger partial charge in [-0.25, -0.2) is 9.67 Å². The Bertz CT molecular complexity index is 1040. The predicted octanol–water partition coefficient (Wildman–Crippen LogP) is 0.384. The van der Waals surface area contributed by atoms with Crippen LogP contribution in [0.3, 0.4) is 0 Å². The highest BCUT2D eigenvalue weighted by Crippen LogP contribution is 2.27. The van der Waals surface area contributed by atoms with E-state index >= 15 is 0 Å². The lowest BCUT2D eigenvalue weighted by Crippen LogP contribution is -2.33. The largest absolute Gasteiger partial charge is 0.493 e. The van der Waals surface area contributed by atoms with Crippen LogP contribution in [0.2, 0.25) is 0 Å². The Morgan fingerprint density at radius 2 is 2.00 bits per heavy atom. The van der Waals surface area contributed by atoms with Crippen LogP contribution in [0.5, 0.6) is 11.5 Å². The second-order valence-electron chi connectivity index (χ2n) is 6.04. The van der Waals surface area contributed by atoms with Gasteiger partial charge in [0.05, 0.1) is 14.2 Å². The van der Waals surface area contributed by atoms with Gasteiger partial charge in [0.2, 0.25) is 5.91 Å². The van der Waals surface area contributed by atoms with Crippen molar-refractivity contribution in [3.63, 3.8) is 0 Å². The molecule has 0 aliphatic carbocycles. The fourth-order valence-corrected chi connectivity index (χ4v) is 2.81. The van der Waals surface area contributed by atoms with Gasteiger partial charge in [-0.2, -0.15) is 0 Å². The van der Waals surface area contributed by atoms with E-state index in [4.69, 9.17) is 9.47 Å². The predicted molar refractivity (Wildman–Crippen MR) is 102 cm³/mol. The number of benzene rings is 1. The molecular formula is C18H22N6O4. The number of aryl methyl sites for hydroxylation is 1. The molecular weight excluding hydrogens is 364 g/mol. The number of fused-ring (bicyclic) bond motifs is 1. The van der Waals surface area contributed by atoms with Crippen LogP contribution in [0.1, 0.15) is 12.5 Å². The van der Waals surface area contributed by atoms with Crippen LogP contribution in [0, 0.1) is 0 Å². The van der Waals surface area contributed by atoms with Crippen molar-refractivity contribution in [3.05, 3.63) is 40.4 Å². The number of hydrogen-bond donors (Lipinski definition) is 1. The topological polar surface area (TPSA) is 113 Å². The molecule has 148 valence electrons. The van der Waals surface area contributed by atoms with Gasteiger partial charge in [0.15, 0.2) is 22.7 Å². The van der Waals surface area contributed by atoms with Crippen molar-refractivity contribution in [2.75, 3.05) is 20.8 Å². The Labute approximate surface area is 161 Å². The average molecular weight is 386 g/mol. The van der Waals surface area contributed by atoms with E-state index in [0.29, 0.717) is 36.7 Å². The zero-order valence-corrected chi connectivity index (χ0v) is 16.0. The summed E-state index contributed by atoms with van der Waals surface area (Å²) in [5, 5.41) is 10.5. The first-order chi connectivity index (χ1) is 13.6. The molecule has 10 heteroatoms. The van der Waals surface area contributed by atoms with E-state index in [0.717, 1.165) is 5.56 Å². The van der Waals surface area contributed by atoms with Gasteiger partial charge in [0, 0.05) is 13.1 Å². The molecule has 0 aliphatic rings. The minimum atomic E-state index is -0.389. The van der Waals surface area contributed by atoms with Crippen LogP contribution in [0.15, 0.2) is 29.3 Å². The lowest BCUT2D eigenvalue weighted by atomic mass is 10.1. The molecule has 1 amide bonds. The molecule has 28 heavy (non-hydrogen) atoms. The Balaban J connectivity index is 1.60. The zero-order valence-electron chi connectivity index (χ0n) is 16.0. The highest BCUT2D eigenvalue weighted by molar-refractivity contribution is 5.76.